The molecule has 0 saturated heterocycles. The summed E-state index contributed by atoms with van der Waals surface area (Å²) in [5, 5.41) is 15.3. The fraction of sp³-hybridized carbons (Fsp3) is 0.278. The van der Waals surface area contributed by atoms with Crippen molar-refractivity contribution in [2.75, 3.05) is 5.32 Å². The Morgan fingerprint density at radius 3 is 2.68 bits per heavy atom. The zero-order valence-electron chi connectivity index (χ0n) is 13.9. The van der Waals surface area contributed by atoms with Gasteiger partial charge in [-0.15, -0.1) is 11.3 Å². The molecule has 0 aliphatic carbocycles. The number of anilines is 1. The van der Waals surface area contributed by atoms with Gasteiger partial charge >= 0.3 is 5.97 Å². The van der Waals surface area contributed by atoms with Crippen LogP contribution in [-0.4, -0.2) is 27.1 Å². The van der Waals surface area contributed by atoms with Gasteiger partial charge in [-0.2, -0.15) is 0 Å². The van der Waals surface area contributed by atoms with E-state index in [-0.39, 0.29) is 11.7 Å². The highest BCUT2D eigenvalue weighted by Crippen LogP contribution is 2.37. The molecule has 0 radical (unpaired) electrons. The minimum atomic E-state index is -0.917. The first-order valence-electron chi connectivity index (χ1n) is 7.98. The summed E-state index contributed by atoms with van der Waals surface area (Å²) in [6, 6.07) is 5.43. The predicted octanol–water partition coefficient (Wildman–Crippen LogP) is 4.41. The third-order valence-electron chi connectivity index (χ3n) is 4.30. The van der Waals surface area contributed by atoms with E-state index in [1.165, 1.54) is 29.8 Å². The summed E-state index contributed by atoms with van der Waals surface area (Å²) in [4.78, 5) is 20.9. The van der Waals surface area contributed by atoms with Crippen LogP contribution in [0.1, 0.15) is 20.3 Å². The Labute approximate surface area is 148 Å². The van der Waals surface area contributed by atoms with Gasteiger partial charge in [-0.25, -0.2) is 19.2 Å². The number of nitrogens with zero attached hydrogens (tertiary/aromatic N) is 2. The van der Waals surface area contributed by atoms with Crippen LogP contribution in [0.15, 0.2) is 36.0 Å². The Hall–Kier alpha value is -2.54. The molecule has 0 aliphatic rings. The first kappa shape index (κ1) is 17.3. The SMILES string of the molecule is CCC(C)C(Nc1ncnc2scc(-c3ccc(F)cc3)c12)C(=O)O. The van der Waals surface area contributed by atoms with Crippen molar-refractivity contribution in [1.82, 2.24) is 9.97 Å². The molecule has 2 N–H and O–H groups in total. The van der Waals surface area contributed by atoms with E-state index in [1.54, 1.807) is 12.1 Å². The highest BCUT2D eigenvalue weighted by Gasteiger charge is 2.25. The third-order valence-corrected chi connectivity index (χ3v) is 5.18. The van der Waals surface area contributed by atoms with Crippen LogP contribution in [0.3, 0.4) is 0 Å². The minimum Gasteiger partial charge on any atom is -0.480 e. The molecular weight excluding hydrogens is 341 g/mol. The fourth-order valence-corrected chi connectivity index (χ4v) is 3.57. The van der Waals surface area contributed by atoms with Crippen molar-refractivity contribution in [2.45, 2.75) is 26.3 Å². The monoisotopic (exact) mass is 359 g/mol. The highest BCUT2D eigenvalue weighted by molar-refractivity contribution is 7.17. The lowest BCUT2D eigenvalue weighted by Gasteiger charge is -2.21. The van der Waals surface area contributed by atoms with Gasteiger partial charge in [0, 0.05) is 10.9 Å². The van der Waals surface area contributed by atoms with Gasteiger partial charge < -0.3 is 10.4 Å². The van der Waals surface area contributed by atoms with Gasteiger partial charge in [-0.05, 0) is 23.6 Å². The van der Waals surface area contributed by atoms with Crippen molar-refractivity contribution in [3.8, 4) is 11.1 Å². The van der Waals surface area contributed by atoms with Crippen molar-refractivity contribution < 1.29 is 14.3 Å². The molecule has 0 saturated carbocycles. The van der Waals surface area contributed by atoms with Crippen LogP contribution in [0.25, 0.3) is 21.3 Å². The Bertz CT molecular complexity index is 895. The molecule has 0 bridgehead atoms. The Morgan fingerprint density at radius 1 is 1.32 bits per heavy atom. The molecule has 0 spiro atoms. The summed E-state index contributed by atoms with van der Waals surface area (Å²) >= 11 is 1.44. The average Bonchev–Trinajstić information content (AvgIpc) is 3.04. The van der Waals surface area contributed by atoms with E-state index in [4.69, 9.17) is 0 Å². The lowest BCUT2D eigenvalue weighted by Crippen LogP contribution is -2.35. The second kappa shape index (κ2) is 7.14. The lowest BCUT2D eigenvalue weighted by atomic mass is 9.99. The first-order chi connectivity index (χ1) is 12.0. The Balaban J connectivity index is 2.08. The number of fused-ring (bicyclic) bond motifs is 1. The summed E-state index contributed by atoms with van der Waals surface area (Å²) < 4.78 is 13.2. The number of nitrogens with one attached hydrogen (secondary N) is 1. The van der Waals surface area contributed by atoms with Crippen LogP contribution in [-0.2, 0) is 4.79 Å². The van der Waals surface area contributed by atoms with Crippen LogP contribution in [0.2, 0.25) is 0 Å². The van der Waals surface area contributed by atoms with Crippen LogP contribution in [0.5, 0.6) is 0 Å². The topological polar surface area (TPSA) is 75.1 Å². The van der Waals surface area contributed by atoms with Gasteiger partial charge in [0.15, 0.2) is 0 Å². The van der Waals surface area contributed by atoms with E-state index in [9.17, 15) is 14.3 Å². The number of aromatic nitrogens is 2. The van der Waals surface area contributed by atoms with E-state index in [1.807, 2.05) is 19.2 Å². The van der Waals surface area contributed by atoms with E-state index >= 15 is 0 Å². The number of rotatable bonds is 6. The normalized spacial score (nSPS) is 13.6. The van der Waals surface area contributed by atoms with Crippen LogP contribution >= 0.6 is 11.3 Å². The van der Waals surface area contributed by atoms with Crippen molar-refractivity contribution in [1.29, 1.82) is 0 Å². The first-order valence-corrected chi connectivity index (χ1v) is 8.86. The summed E-state index contributed by atoms with van der Waals surface area (Å²) in [5.74, 6) is -0.797. The molecule has 7 heteroatoms. The summed E-state index contributed by atoms with van der Waals surface area (Å²) in [6.07, 6.45) is 2.15. The highest BCUT2D eigenvalue weighted by atomic mass is 32.1. The van der Waals surface area contributed by atoms with Crippen LogP contribution in [0, 0.1) is 11.7 Å². The van der Waals surface area contributed by atoms with Crippen molar-refractivity contribution in [3.05, 3.63) is 41.8 Å². The molecule has 130 valence electrons. The van der Waals surface area contributed by atoms with Gasteiger partial charge in [0.25, 0.3) is 0 Å². The summed E-state index contributed by atoms with van der Waals surface area (Å²) in [5.41, 5.74) is 1.69. The molecule has 3 aromatic rings. The Morgan fingerprint density at radius 2 is 2.04 bits per heavy atom. The fourth-order valence-electron chi connectivity index (χ4n) is 2.66. The van der Waals surface area contributed by atoms with Crippen molar-refractivity contribution in [3.63, 3.8) is 0 Å². The van der Waals surface area contributed by atoms with Gasteiger partial charge in [0.2, 0.25) is 0 Å². The zero-order chi connectivity index (χ0) is 18.0. The van der Waals surface area contributed by atoms with Gasteiger partial charge in [-0.1, -0.05) is 32.4 Å². The van der Waals surface area contributed by atoms with Crippen molar-refractivity contribution >= 4 is 33.3 Å². The average molecular weight is 359 g/mol. The molecule has 2 aromatic heterocycles. The van der Waals surface area contributed by atoms with Gasteiger partial charge in [-0.3, -0.25) is 0 Å². The number of halogens is 1. The molecule has 2 atom stereocenters. The molecule has 2 heterocycles. The molecule has 5 nitrogen and oxygen atoms in total. The van der Waals surface area contributed by atoms with E-state index < -0.39 is 12.0 Å². The largest absolute Gasteiger partial charge is 0.480 e. The molecule has 1 aromatic carbocycles. The number of hydrogen-bond donors (Lipinski definition) is 2. The number of aliphatic carboxylic acids is 1. The molecule has 25 heavy (non-hydrogen) atoms. The molecule has 0 aliphatic heterocycles. The van der Waals surface area contributed by atoms with E-state index in [0.29, 0.717) is 5.82 Å². The predicted molar refractivity (Wildman–Crippen MR) is 97.3 cm³/mol. The second-order valence-electron chi connectivity index (χ2n) is 5.90. The van der Waals surface area contributed by atoms with E-state index in [0.717, 1.165) is 27.8 Å². The van der Waals surface area contributed by atoms with Gasteiger partial charge in [0.1, 0.15) is 28.8 Å². The maximum absolute atomic E-state index is 13.2. The molecule has 2 unspecified atom stereocenters. The minimum absolute atomic E-state index is 0.0598. The smallest absolute Gasteiger partial charge is 0.326 e. The maximum atomic E-state index is 13.2. The Kier molecular flexibility index (Phi) is 4.94. The number of carboxylic acids is 1. The second-order valence-corrected chi connectivity index (χ2v) is 6.76. The van der Waals surface area contributed by atoms with Gasteiger partial charge in [0.05, 0.1) is 5.39 Å². The molecule has 0 amide bonds. The van der Waals surface area contributed by atoms with E-state index in [2.05, 4.69) is 15.3 Å². The zero-order valence-corrected chi connectivity index (χ0v) is 14.7. The molecule has 3 rings (SSSR count). The third kappa shape index (κ3) is 3.46. The van der Waals surface area contributed by atoms with Crippen LogP contribution in [0.4, 0.5) is 10.2 Å². The summed E-state index contributed by atoms with van der Waals surface area (Å²) in [6.45, 7) is 3.84. The summed E-state index contributed by atoms with van der Waals surface area (Å²) in [7, 11) is 0. The standard InChI is InChI=1S/C18H18FN3O2S/c1-3-10(2)15(18(23)24)22-16-14-13(8-25-17(14)21-9-20-16)11-4-6-12(19)7-5-11/h4-10,15H,3H2,1-2H3,(H,23,24)(H,20,21,22). The van der Waals surface area contributed by atoms with Crippen molar-refractivity contribution in [2.24, 2.45) is 5.92 Å². The number of hydrogen-bond acceptors (Lipinski definition) is 5. The quantitative estimate of drug-likeness (QED) is 0.682. The van der Waals surface area contributed by atoms with Crippen LogP contribution < -0.4 is 5.32 Å². The number of carboxylic acid groups (broad SMARTS) is 1. The maximum Gasteiger partial charge on any atom is 0.326 e. The number of thiophene rings is 1. The lowest BCUT2D eigenvalue weighted by molar-refractivity contribution is -0.139. The molecular formula is C18H18FN3O2S. The number of benzene rings is 1. The number of carbonyl (C=O) groups is 1. The molecule has 0 fully saturated rings.